The molecule has 2 aromatic carbocycles. The number of fused-ring (bicyclic) bond motifs is 2. The Morgan fingerprint density at radius 2 is 2.09 bits per heavy atom. The Labute approximate surface area is 194 Å². The lowest BCUT2D eigenvalue weighted by molar-refractivity contribution is 0.169. The maximum atomic E-state index is 6.56. The second-order valence-corrected chi connectivity index (χ2v) is 9.13. The van der Waals surface area contributed by atoms with Crippen molar-refractivity contribution in [3.63, 3.8) is 0 Å². The van der Waals surface area contributed by atoms with Crippen LogP contribution in [-0.4, -0.2) is 43.9 Å². The summed E-state index contributed by atoms with van der Waals surface area (Å²) in [7, 11) is 1.92. The summed E-state index contributed by atoms with van der Waals surface area (Å²) in [6.45, 7) is 1.86. The number of benzene rings is 2. The normalized spacial score (nSPS) is 16.3. The average molecular weight is 458 g/mol. The lowest BCUT2D eigenvalue weighted by Crippen LogP contribution is -2.37. The molecule has 1 atom stereocenters. The van der Waals surface area contributed by atoms with Gasteiger partial charge in [-0.3, -0.25) is 4.68 Å². The molecule has 6 rings (SSSR count). The molecule has 9 heteroatoms. The van der Waals surface area contributed by atoms with Gasteiger partial charge >= 0.3 is 0 Å². The van der Waals surface area contributed by atoms with Crippen LogP contribution >= 0.6 is 11.3 Å². The second kappa shape index (κ2) is 8.42. The van der Waals surface area contributed by atoms with Gasteiger partial charge in [-0.25, -0.2) is 15.0 Å². The summed E-state index contributed by atoms with van der Waals surface area (Å²) in [6.07, 6.45) is 7.67. The monoisotopic (exact) mass is 457 g/mol. The zero-order valence-corrected chi connectivity index (χ0v) is 19.0. The van der Waals surface area contributed by atoms with Crippen LogP contribution in [0.3, 0.4) is 0 Å². The fourth-order valence-electron chi connectivity index (χ4n) is 4.25. The predicted octanol–water partition coefficient (Wildman–Crippen LogP) is 4.51. The third kappa shape index (κ3) is 4.01. The highest BCUT2D eigenvalue weighted by Gasteiger charge is 2.20. The number of ether oxygens (including phenoxy) is 1. The molecule has 1 aliphatic heterocycles. The SMILES string of the molecule is Cn1cc(-c2cc(O[C@H]3CCCNC3)c3c(Nc4ccc5ncsc5c4)ncnc3c2)cn1. The third-order valence-corrected chi connectivity index (χ3v) is 6.67. The van der Waals surface area contributed by atoms with E-state index in [9.17, 15) is 0 Å². The summed E-state index contributed by atoms with van der Waals surface area (Å²) < 4.78 is 9.48. The summed E-state index contributed by atoms with van der Waals surface area (Å²) in [4.78, 5) is 13.5. The highest BCUT2D eigenvalue weighted by atomic mass is 32.1. The van der Waals surface area contributed by atoms with E-state index in [4.69, 9.17) is 4.74 Å². The number of anilines is 2. The van der Waals surface area contributed by atoms with E-state index in [0.717, 1.165) is 75.4 Å². The summed E-state index contributed by atoms with van der Waals surface area (Å²) in [5.74, 6) is 1.50. The van der Waals surface area contributed by atoms with E-state index < -0.39 is 0 Å². The highest BCUT2D eigenvalue weighted by molar-refractivity contribution is 7.16. The Morgan fingerprint density at radius 3 is 2.94 bits per heavy atom. The van der Waals surface area contributed by atoms with Crippen LogP contribution < -0.4 is 15.4 Å². The second-order valence-electron chi connectivity index (χ2n) is 8.24. The van der Waals surface area contributed by atoms with Crippen molar-refractivity contribution in [3.8, 4) is 16.9 Å². The van der Waals surface area contributed by atoms with Crippen molar-refractivity contribution in [3.05, 3.63) is 54.6 Å². The van der Waals surface area contributed by atoms with Gasteiger partial charge in [-0.2, -0.15) is 5.10 Å². The molecule has 1 fully saturated rings. The quantitative estimate of drug-likeness (QED) is 0.401. The number of aromatic nitrogens is 5. The fraction of sp³-hybridized carbons (Fsp3) is 0.250. The molecule has 2 N–H and O–H groups in total. The van der Waals surface area contributed by atoms with E-state index in [1.807, 2.05) is 37.1 Å². The number of nitrogens with zero attached hydrogens (tertiary/aromatic N) is 5. The van der Waals surface area contributed by atoms with Gasteiger partial charge in [-0.05, 0) is 55.3 Å². The van der Waals surface area contributed by atoms with E-state index >= 15 is 0 Å². The van der Waals surface area contributed by atoms with Crippen molar-refractivity contribution in [2.75, 3.05) is 18.4 Å². The van der Waals surface area contributed by atoms with Crippen LogP contribution in [0.1, 0.15) is 12.8 Å². The van der Waals surface area contributed by atoms with Crippen molar-refractivity contribution in [1.29, 1.82) is 0 Å². The largest absolute Gasteiger partial charge is 0.488 e. The van der Waals surface area contributed by atoms with E-state index in [-0.39, 0.29) is 6.10 Å². The van der Waals surface area contributed by atoms with Crippen molar-refractivity contribution in [2.45, 2.75) is 18.9 Å². The Hall–Kier alpha value is -3.56. The minimum Gasteiger partial charge on any atom is -0.488 e. The molecule has 1 saturated heterocycles. The minimum atomic E-state index is 0.104. The first kappa shape index (κ1) is 20.1. The van der Waals surface area contributed by atoms with Gasteiger partial charge in [0, 0.05) is 31.0 Å². The van der Waals surface area contributed by atoms with Crippen LogP contribution in [0.25, 0.3) is 32.2 Å². The van der Waals surface area contributed by atoms with Gasteiger partial charge in [0.15, 0.2) is 0 Å². The molecule has 0 amide bonds. The van der Waals surface area contributed by atoms with Gasteiger partial charge in [-0.15, -0.1) is 11.3 Å². The molecule has 4 heterocycles. The van der Waals surface area contributed by atoms with Crippen LogP contribution in [0, 0.1) is 0 Å². The highest BCUT2D eigenvalue weighted by Crippen LogP contribution is 2.37. The van der Waals surface area contributed by atoms with Gasteiger partial charge in [0.1, 0.15) is 24.0 Å². The maximum Gasteiger partial charge on any atom is 0.145 e. The van der Waals surface area contributed by atoms with E-state index in [2.05, 4.69) is 48.9 Å². The van der Waals surface area contributed by atoms with E-state index in [0.29, 0.717) is 0 Å². The zero-order valence-electron chi connectivity index (χ0n) is 18.2. The molecular formula is C24H23N7OS. The molecule has 33 heavy (non-hydrogen) atoms. The number of rotatable bonds is 5. The summed E-state index contributed by atoms with van der Waals surface area (Å²) in [5.41, 5.74) is 6.67. The molecular weight excluding hydrogens is 434 g/mol. The van der Waals surface area contributed by atoms with Crippen LogP contribution in [0.4, 0.5) is 11.5 Å². The predicted molar refractivity (Wildman–Crippen MR) is 131 cm³/mol. The Balaban J connectivity index is 1.46. The molecule has 166 valence electrons. The van der Waals surface area contributed by atoms with E-state index in [1.165, 1.54) is 0 Å². The lowest BCUT2D eigenvalue weighted by atomic mass is 10.0. The minimum absolute atomic E-state index is 0.104. The van der Waals surface area contributed by atoms with Crippen LogP contribution in [-0.2, 0) is 7.05 Å². The van der Waals surface area contributed by atoms with Crippen LogP contribution in [0.5, 0.6) is 5.75 Å². The first-order valence-corrected chi connectivity index (χ1v) is 11.9. The maximum absolute atomic E-state index is 6.56. The molecule has 5 aromatic rings. The molecule has 8 nitrogen and oxygen atoms in total. The first-order chi connectivity index (χ1) is 16.2. The standard InChI is InChI=1S/C24H23N7OS/c1-31-12-16(10-29-31)15-7-20-23(21(8-15)32-18-3-2-6-25-11-18)24(27-13-26-20)30-17-4-5-19-22(9-17)33-14-28-19/h4-5,7-10,12-14,18,25H,2-3,6,11H2,1H3,(H,26,27,30)/t18-/m0/s1. The fourth-order valence-corrected chi connectivity index (χ4v) is 4.96. The number of hydrogen-bond acceptors (Lipinski definition) is 8. The Morgan fingerprint density at radius 1 is 1.12 bits per heavy atom. The summed E-state index contributed by atoms with van der Waals surface area (Å²) >= 11 is 1.62. The van der Waals surface area contributed by atoms with Crippen LogP contribution in [0.2, 0.25) is 0 Å². The summed E-state index contributed by atoms with van der Waals surface area (Å²) in [6, 6.07) is 10.3. The van der Waals surface area contributed by atoms with E-state index in [1.54, 1.807) is 22.3 Å². The van der Waals surface area contributed by atoms with Crippen molar-refractivity contribution >= 4 is 44.0 Å². The van der Waals surface area contributed by atoms with Gasteiger partial charge in [0.05, 0.1) is 32.8 Å². The smallest absolute Gasteiger partial charge is 0.145 e. The van der Waals surface area contributed by atoms with Gasteiger partial charge < -0.3 is 15.4 Å². The number of piperidine rings is 1. The van der Waals surface area contributed by atoms with Crippen LogP contribution in [0.15, 0.2) is 54.6 Å². The lowest BCUT2D eigenvalue weighted by Gasteiger charge is -2.25. The number of hydrogen-bond donors (Lipinski definition) is 2. The molecule has 0 aliphatic carbocycles. The van der Waals surface area contributed by atoms with Crippen molar-refractivity contribution < 1.29 is 4.74 Å². The number of thiazole rings is 1. The van der Waals surface area contributed by atoms with Gasteiger partial charge in [-0.1, -0.05) is 0 Å². The van der Waals surface area contributed by atoms with Crippen molar-refractivity contribution in [1.82, 2.24) is 30.0 Å². The number of nitrogens with one attached hydrogen (secondary N) is 2. The molecule has 3 aromatic heterocycles. The molecule has 1 aliphatic rings. The van der Waals surface area contributed by atoms with Crippen molar-refractivity contribution in [2.24, 2.45) is 7.05 Å². The molecule has 0 radical (unpaired) electrons. The zero-order chi connectivity index (χ0) is 22.2. The Bertz CT molecular complexity index is 1440. The molecule has 0 bridgehead atoms. The third-order valence-electron chi connectivity index (χ3n) is 5.88. The average Bonchev–Trinajstić information content (AvgIpc) is 3.48. The molecule has 0 unspecified atom stereocenters. The van der Waals surface area contributed by atoms with Gasteiger partial charge in [0.25, 0.3) is 0 Å². The molecule has 0 saturated carbocycles. The first-order valence-electron chi connectivity index (χ1n) is 11.0. The van der Waals surface area contributed by atoms with Gasteiger partial charge in [0.2, 0.25) is 0 Å². The topological polar surface area (TPSA) is 89.8 Å². The summed E-state index contributed by atoms with van der Waals surface area (Å²) in [5, 5.41) is 12.1. The number of aryl methyl sites for hydroxylation is 1. The molecule has 0 spiro atoms. The Kier molecular flexibility index (Phi) is 5.12.